The molecule has 14 heavy (non-hydrogen) atoms. The smallest absolute Gasteiger partial charge is 0.103 e. The van der Waals surface area contributed by atoms with Crippen molar-refractivity contribution in [3.8, 4) is 0 Å². The van der Waals surface area contributed by atoms with E-state index in [1.807, 2.05) is 11.8 Å². The van der Waals surface area contributed by atoms with Gasteiger partial charge >= 0.3 is 0 Å². The molecule has 3 atom stereocenters. The van der Waals surface area contributed by atoms with Crippen molar-refractivity contribution in [2.24, 2.45) is 11.7 Å². The largest absolute Gasteiger partial charge is 0.307 e. The summed E-state index contributed by atoms with van der Waals surface area (Å²) in [5, 5.41) is 4.15. The van der Waals surface area contributed by atoms with Gasteiger partial charge in [0.05, 0.1) is 0 Å². The Hall–Kier alpha value is 0.270. The molecule has 0 amide bonds. The molecule has 0 bridgehead atoms. The normalized spacial score (nSPS) is 40.3. The number of nitrogens with two attached hydrogens (primary N) is 1. The van der Waals surface area contributed by atoms with E-state index < -0.39 is 0 Å². The standard InChI is InChI=1S/C11H22N2S/c1-8-10(14-11(12)13-8)7-9-5-3-2-4-6-9/h8-11,13H,2-7,12H2,1H3. The minimum atomic E-state index is 0.179. The zero-order valence-electron chi connectivity index (χ0n) is 9.04. The zero-order valence-corrected chi connectivity index (χ0v) is 9.85. The Morgan fingerprint density at radius 2 is 2.00 bits per heavy atom. The van der Waals surface area contributed by atoms with Crippen LogP contribution < -0.4 is 11.1 Å². The lowest BCUT2D eigenvalue weighted by atomic mass is 9.85. The van der Waals surface area contributed by atoms with Crippen LogP contribution in [0.3, 0.4) is 0 Å². The molecule has 2 rings (SSSR count). The van der Waals surface area contributed by atoms with Gasteiger partial charge in [0.25, 0.3) is 0 Å². The first-order valence-corrected chi connectivity index (χ1v) is 6.87. The molecule has 2 fully saturated rings. The van der Waals surface area contributed by atoms with E-state index in [9.17, 15) is 0 Å². The highest BCUT2D eigenvalue weighted by Crippen LogP contribution is 2.35. The molecule has 3 N–H and O–H groups in total. The van der Waals surface area contributed by atoms with Crippen LogP contribution in [0.15, 0.2) is 0 Å². The summed E-state index contributed by atoms with van der Waals surface area (Å²) in [6, 6.07) is 0.608. The molecular weight excluding hydrogens is 192 g/mol. The molecule has 3 unspecified atom stereocenters. The summed E-state index contributed by atoms with van der Waals surface area (Å²) < 4.78 is 0. The molecule has 0 aromatic heterocycles. The Morgan fingerprint density at radius 1 is 1.29 bits per heavy atom. The van der Waals surface area contributed by atoms with Crippen LogP contribution in [0.4, 0.5) is 0 Å². The lowest BCUT2D eigenvalue weighted by Gasteiger charge is -2.25. The quantitative estimate of drug-likeness (QED) is 0.741. The van der Waals surface area contributed by atoms with Gasteiger partial charge in [0.1, 0.15) is 5.50 Å². The maximum atomic E-state index is 5.87. The Labute approximate surface area is 91.4 Å². The van der Waals surface area contributed by atoms with Gasteiger partial charge in [-0.25, -0.2) is 0 Å². The summed E-state index contributed by atoms with van der Waals surface area (Å²) >= 11 is 1.93. The van der Waals surface area contributed by atoms with Crippen molar-refractivity contribution in [1.82, 2.24) is 5.32 Å². The molecule has 0 spiro atoms. The molecule has 1 heterocycles. The topological polar surface area (TPSA) is 38.0 Å². The number of hydrogen-bond donors (Lipinski definition) is 2. The maximum Gasteiger partial charge on any atom is 0.103 e. The summed E-state index contributed by atoms with van der Waals surface area (Å²) in [7, 11) is 0. The van der Waals surface area contributed by atoms with E-state index in [1.54, 1.807) is 0 Å². The van der Waals surface area contributed by atoms with Gasteiger partial charge in [0.15, 0.2) is 0 Å². The van der Waals surface area contributed by atoms with Gasteiger partial charge in [-0.1, -0.05) is 32.1 Å². The van der Waals surface area contributed by atoms with E-state index in [0.29, 0.717) is 6.04 Å². The number of nitrogens with one attached hydrogen (secondary N) is 1. The summed E-state index contributed by atoms with van der Waals surface area (Å²) in [6.07, 6.45) is 8.66. The molecule has 1 saturated carbocycles. The van der Waals surface area contributed by atoms with E-state index in [0.717, 1.165) is 11.2 Å². The van der Waals surface area contributed by atoms with Crippen LogP contribution in [-0.4, -0.2) is 16.8 Å². The van der Waals surface area contributed by atoms with E-state index in [1.165, 1.54) is 38.5 Å². The first-order chi connectivity index (χ1) is 6.75. The Bertz CT molecular complexity index is 180. The van der Waals surface area contributed by atoms with Gasteiger partial charge in [-0.15, -0.1) is 11.8 Å². The highest BCUT2D eigenvalue weighted by atomic mass is 32.2. The van der Waals surface area contributed by atoms with E-state index in [2.05, 4.69) is 12.2 Å². The van der Waals surface area contributed by atoms with Gasteiger partial charge in [0.2, 0.25) is 0 Å². The Kier molecular flexibility index (Phi) is 3.74. The maximum absolute atomic E-state index is 5.87. The zero-order chi connectivity index (χ0) is 9.97. The molecule has 2 aliphatic rings. The fourth-order valence-electron chi connectivity index (χ4n) is 2.72. The second-order valence-electron chi connectivity index (χ2n) is 4.79. The predicted octanol–water partition coefficient (Wildman–Crippen LogP) is 2.29. The third-order valence-corrected chi connectivity index (χ3v) is 4.98. The van der Waals surface area contributed by atoms with Gasteiger partial charge in [-0.2, -0.15) is 0 Å². The molecular formula is C11H22N2S. The number of rotatable bonds is 2. The summed E-state index contributed by atoms with van der Waals surface area (Å²) in [6.45, 7) is 2.27. The fourth-order valence-corrected chi connectivity index (χ4v) is 4.09. The first kappa shape index (κ1) is 10.8. The van der Waals surface area contributed by atoms with Crippen LogP contribution in [0.1, 0.15) is 45.4 Å². The van der Waals surface area contributed by atoms with Crippen molar-refractivity contribution in [2.75, 3.05) is 0 Å². The van der Waals surface area contributed by atoms with Crippen molar-refractivity contribution in [2.45, 2.75) is 62.2 Å². The summed E-state index contributed by atoms with van der Waals surface area (Å²) in [5.41, 5.74) is 6.05. The second kappa shape index (κ2) is 4.86. The molecule has 1 saturated heterocycles. The molecule has 82 valence electrons. The number of thioether (sulfide) groups is 1. The van der Waals surface area contributed by atoms with Gasteiger partial charge in [-0.05, 0) is 19.3 Å². The highest BCUT2D eigenvalue weighted by Gasteiger charge is 2.31. The number of hydrogen-bond acceptors (Lipinski definition) is 3. The third-order valence-electron chi connectivity index (χ3n) is 3.60. The minimum absolute atomic E-state index is 0.179. The molecule has 1 aliphatic carbocycles. The van der Waals surface area contributed by atoms with Gasteiger partial charge in [-0.3, -0.25) is 5.32 Å². The SMILES string of the molecule is CC1NC(N)SC1CC1CCCCC1. The fraction of sp³-hybridized carbons (Fsp3) is 1.00. The summed E-state index contributed by atoms with van der Waals surface area (Å²) in [4.78, 5) is 0. The Balaban J connectivity index is 1.78. The molecule has 0 aromatic carbocycles. The predicted molar refractivity (Wildman–Crippen MR) is 63.1 cm³/mol. The Morgan fingerprint density at radius 3 is 2.57 bits per heavy atom. The first-order valence-electron chi connectivity index (χ1n) is 5.93. The van der Waals surface area contributed by atoms with Crippen molar-refractivity contribution in [1.29, 1.82) is 0 Å². The van der Waals surface area contributed by atoms with E-state index >= 15 is 0 Å². The van der Waals surface area contributed by atoms with E-state index in [-0.39, 0.29) is 5.50 Å². The van der Waals surface area contributed by atoms with Crippen LogP contribution in [0.5, 0.6) is 0 Å². The van der Waals surface area contributed by atoms with Crippen molar-refractivity contribution in [3.05, 3.63) is 0 Å². The van der Waals surface area contributed by atoms with E-state index in [4.69, 9.17) is 5.73 Å². The highest BCUT2D eigenvalue weighted by molar-refractivity contribution is 8.00. The molecule has 0 aromatic rings. The molecule has 1 aliphatic heterocycles. The summed E-state index contributed by atoms with van der Waals surface area (Å²) in [5.74, 6) is 0.982. The lowest BCUT2D eigenvalue weighted by molar-refractivity contribution is 0.326. The van der Waals surface area contributed by atoms with Gasteiger partial charge < -0.3 is 5.73 Å². The lowest BCUT2D eigenvalue weighted by Crippen LogP contribution is -2.35. The third kappa shape index (κ3) is 2.65. The average molecular weight is 214 g/mol. The molecule has 2 nitrogen and oxygen atoms in total. The minimum Gasteiger partial charge on any atom is -0.307 e. The van der Waals surface area contributed by atoms with Crippen LogP contribution >= 0.6 is 11.8 Å². The molecule has 0 radical (unpaired) electrons. The van der Waals surface area contributed by atoms with Gasteiger partial charge in [0, 0.05) is 11.3 Å². The second-order valence-corrected chi connectivity index (χ2v) is 6.18. The van der Waals surface area contributed by atoms with Crippen LogP contribution in [0.25, 0.3) is 0 Å². The van der Waals surface area contributed by atoms with Crippen LogP contribution in [-0.2, 0) is 0 Å². The van der Waals surface area contributed by atoms with Crippen molar-refractivity contribution in [3.63, 3.8) is 0 Å². The van der Waals surface area contributed by atoms with Crippen LogP contribution in [0, 0.1) is 5.92 Å². The average Bonchev–Trinajstić information content (AvgIpc) is 2.47. The molecule has 3 heteroatoms. The van der Waals surface area contributed by atoms with Crippen LogP contribution in [0.2, 0.25) is 0 Å². The van der Waals surface area contributed by atoms with Crippen molar-refractivity contribution >= 4 is 11.8 Å². The van der Waals surface area contributed by atoms with Crippen molar-refractivity contribution < 1.29 is 0 Å². The monoisotopic (exact) mass is 214 g/mol.